The van der Waals surface area contributed by atoms with Gasteiger partial charge in [-0.2, -0.15) is 4.31 Å². The SMILES string of the molecule is Cc1ncc(C(=O)NC2CC2)c([C@@H]2CCCN2S(=O)(=O)c2cn(C)cn2)n1. The standard InChI is InChI=1S/C17H22N6O3S/c1-11-18-8-13(17(24)21-12-5-6-12)16(20-11)14-4-3-7-23(14)27(25,26)15-9-22(2)10-19-15/h8-10,12,14H,3-7H2,1-2H3,(H,21,24)/t14-/m0/s1. The van der Waals surface area contributed by atoms with Crippen LogP contribution >= 0.6 is 0 Å². The molecule has 0 spiro atoms. The summed E-state index contributed by atoms with van der Waals surface area (Å²) >= 11 is 0. The van der Waals surface area contributed by atoms with Crippen LogP contribution in [0.1, 0.15) is 53.6 Å². The Morgan fingerprint density at radius 3 is 2.70 bits per heavy atom. The molecule has 0 aromatic carbocycles. The van der Waals surface area contributed by atoms with Crippen LogP contribution in [0.25, 0.3) is 0 Å². The molecule has 1 atom stereocenters. The first-order valence-electron chi connectivity index (χ1n) is 9.00. The van der Waals surface area contributed by atoms with Gasteiger partial charge in [0.1, 0.15) is 5.82 Å². The fourth-order valence-electron chi connectivity index (χ4n) is 3.35. The van der Waals surface area contributed by atoms with E-state index in [2.05, 4.69) is 20.3 Å². The van der Waals surface area contributed by atoms with E-state index < -0.39 is 16.1 Å². The first-order chi connectivity index (χ1) is 12.9. The summed E-state index contributed by atoms with van der Waals surface area (Å²) in [5, 5.41) is 2.95. The molecule has 0 unspecified atom stereocenters. The largest absolute Gasteiger partial charge is 0.349 e. The van der Waals surface area contributed by atoms with Crippen LogP contribution in [0.15, 0.2) is 23.7 Å². The van der Waals surface area contributed by atoms with Gasteiger partial charge in [-0.05, 0) is 32.6 Å². The number of aryl methyl sites for hydroxylation is 2. The number of hydrogen-bond acceptors (Lipinski definition) is 6. The number of sulfonamides is 1. The molecule has 27 heavy (non-hydrogen) atoms. The Kier molecular flexibility index (Phi) is 4.47. The van der Waals surface area contributed by atoms with Gasteiger partial charge in [0.05, 0.1) is 23.6 Å². The van der Waals surface area contributed by atoms with Crippen molar-refractivity contribution in [3.63, 3.8) is 0 Å². The van der Waals surface area contributed by atoms with Crippen LogP contribution in [0.3, 0.4) is 0 Å². The molecule has 0 bridgehead atoms. The second-order valence-electron chi connectivity index (χ2n) is 7.12. The molecule has 0 radical (unpaired) electrons. The fourth-order valence-corrected chi connectivity index (χ4v) is 4.98. The minimum Gasteiger partial charge on any atom is -0.349 e. The lowest BCUT2D eigenvalue weighted by Crippen LogP contribution is -2.34. The zero-order valence-corrected chi connectivity index (χ0v) is 16.1. The molecule has 2 fully saturated rings. The molecule has 2 aromatic heterocycles. The number of nitrogens with one attached hydrogen (secondary N) is 1. The molecule has 10 heteroatoms. The highest BCUT2D eigenvalue weighted by Gasteiger charge is 2.40. The minimum absolute atomic E-state index is 0.00617. The molecule has 1 amide bonds. The second-order valence-corrected chi connectivity index (χ2v) is 8.95. The maximum absolute atomic E-state index is 13.1. The van der Waals surface area contributed by atoms with Crippen molar-refractivity contribution in [1.29, 1.82) is 0 Å². The van der Waals surface area contributed by atoms with Gasteiger partial charge in [0.2, 0.25) is 0 Å². The molecule has 144 valence electrons. The first kappa shape index (κ1) is 18.1. The van der Waals surface area contributed by atoms with Crippen molar-refractivity contribution in [1.82, 2.24) is 29.1 Å². The number of imidazole rings is 1. The second kappa shape index (κ2) is 6.68. The molecule has 1 saturated carbocycles. The third-order valence-electron chi connectivity index (χ3n) is 4.87. The number of rotatable bonds is 5. The highest BCUT2D eigenvalue weighted by molar-refractivity contribution is 7.89. The van der Waals surface area contributed by atoms with Crippen LogP contribution in [0.5, 0.6) is 0 Å². The van der Waals surface area contributed by atoms with Gasteiger partial charge in [-0.1, -0.05) is 0 Å². The minimum atomic E-state index is -3.77. The lowest BCUT2D eigenvalue weighted by molar-refractivity contribution is 0.0947. The Bertz CT molecular complexity index is 982. The summed E-state index contributed by atoms with van der Waals surface area (Å²) < 4.78 is 29.2. The van der Waals surface area contributed by atoms with E-state index in [9.17, 15) is 13.2 Å². The molecule has 1 saturated heterocycles. The van der Waals surface area contributed by atoms with Crippen LogP contribution in [0, 0.1) is 6.92 Å². The van der Waals surface area contributed by atoms with Crippen LogP contribution in [0.4, 0.5) is 0 Å². The Labute approximate surface area is 157 Å². The molecular weight excluding hydrogens is 368 g/mol. The molecular formula is C17H22N6O3S. The van der Waals surface area contributed by atoms with Gasteiger partial charge in [0.15, 0.2) is 5.03 Å². The summed E-state index contributed by atoms with van der Waals surface area (Å²) in [6, 6.07) is -0.303. The van der Waals surface area contributed by atoms with E-state index >= 15 is 0 Å². The van der Waals surface area contributed by atoms with Gasteiger partial charge in [-0.3, -0.25) is 4.79 Å². The Hall–Kier alpha value is -2.33. The summed E-state index contributed by atoms with van der Waals surface area (Å²) in [6.45, 7) is 2.11. The van der Waals surface area contributed by atoms with Crippen LogP contribution in [-0.4, -0.2) is 50.7 Å². The lowest BCUT2D eigenvalue weighted by Gasteiger charge is -2.24. The van der Waals surface area contributed by atoms with Crippen molar-refractivity contribution >= 4 is 15.9 Å². The predicted octanol–water partition coefficient (Wildman–Crippen LogP) is 0.937. The zero-order valence-electron chi connectivity index (χ0n) is 15.3. The molecule has 3 heterocycles. The van der Waals surface area contributed by atoms with Crippen molar-refractivity contribution in [2.24, 2.45) is 7.05 Å². The van der Waals surface area contributed by atoms with Crippen molar-refractivity contribution < 1.29 is 13.2 Å². The van der Waals surface area contributed by atoms with Gasteiger partial charge in [-0.15, -0.1) is 0 Å². The first-order valence-corrected chi connectivity index (χ1v) is 10.4. The summed E-state index contributed by atoms with van der Waals surface area (Å²) in [5.74, 6) is 0.268. The third-order valence-corrected chi connectivity index (χ3v) is 6.66. The topological polar surface area (TPSA) is 110 Å². The monoisotopic (exact) mass is 390 g/mol. The van der Waals surface area contributed by atoms with E-state index in [1.165, 1.54) is 23.0 Å². The number of carbonyl (C=O) groups excluding carboxylic acids is 1. The third kappa shape index (κ3) is 3.46. The van der Waals surface area contributed by atoms with Gasteiger partial charge in [0.25, 0.3) is 15.9 Å². The Morgan fingerprint density at radius 2 is 2.04 bits per heavy atom. The highest BCUT2D eigenvalue weighted by atomic mass is 32.2. The van der Waals surface area contributed by atoms with E-state index in [4.69, 9.17) is 0 Å². The maximum atomic E-state index is 13.1. The van der Waals surface area contributed by atoms with Gasteiger partial charge >= 0.3 is 0 Å². The summed E-state index contributed by atoms with van der Waals surface area (Å²) in [4.78, 5) is 25.3. The van der Waals surface area contributed by atoms with Crippen LogP contribution in [0.2, 0.25) is 0 Å². The molecule has 1 aliphatic heterocycles. The maximum Gasteiger partial charge on any atom is 0.262 e. The summed E-state index contributed by atoms with van der Waals surface area (Å²) in [6.07, 6.45) is 7.68. The highest BCUT2D eigenvalue weighted by Crippen LogP contribution is 2.36. The van der Waals surface area contributed by atoms with Gasteiger partial charge < -0.3 is 9.88 Å². The van der Waals surface area contributed by atoms with Gasteiger partial charge in [-0.25, -0.2) is 23.4 Å². The van der Waals surface area contributed by atoms with Crippen molar-refractivity contribution in [3.8, 4) is 0 Å². The quantitative estimate of drug-likeness (QED) is 0.813. The average Bonchev–Trinajstić information content (AvgIpc) is 3.10. The smallest absolute Gasteiger partial charge is 0.262 e. The molecule has 1 aliphatic carbocycles. The number of amides is 1. The number of nitrogens with zero attached hydrogens (tertiary/aromatic N) is 5. The van der Waals surface area contributed by atoms with E-state index in [1.54, 1.807) is 18.5 Å². The van der Waals surface area contributed by atoms with Crippen LogP contribution < -0.4 is 5.32 Å². The molecule has 4 rings (SSSR count). The predicted molar refractivity (Wildman–Crippen MR) is 96.3 cm³/mol. The molecule has 2 aromatic rings. The van der Waals surface area contributed by atoms with Crippen molar-refractivity contribution in [2.75, 3.05) is 6.54 Å². The normalized spacial score (nSPS) is 20.7. The van der Waals surface area contributed by atoms with E-state index in [-0.39, 0.29) is 17.0 Å². The zero-order chi connectivity index (χ0) is 19.2. The van der Waals surface area contributed by atoms with E-state index in [0.29, 0.717) is 36.5 Å². The van der Waals surface area contributed by atoms with E-state index in [1.807, 2.05) is 0 Å². The molecule has 1 N–H and O–H groups in total. The summed E-state index contributed by atoms with van der Waals surface area (Å²) in [7, 11) is -2.05. The van der Waals surface area contributed by atoms with Crippen LogP contribution in [-0.2, 0) is 17.1 Å². The van der Waals surface area contributed by atoms with Gasteiger partial charge in [0, 0.05) is 32.0 Å². The molecule has 9 nitrogen and oxygen atoms in total. The van der Waals surface area contributed by atoms with E-state index in [0.717, 1.165) is 12.8 Å². The number of carbonyl (C=O) groups is 1. The Balaban J connectivity index is 1.71. The lowest BCUT2D eigenvalue weighted by atomic mass is 10.1. The number of hydrogen-bond donors (Lipinski definition) is 1. The average molecular weight is 390 g/mol. The number of aromatic nitrogens is 4. The Morgan fingerprint density at radius 1 is 1.26 bits per heavy atom. The fraction of sp³-hybridized carbons (Fsp3) is 0.529. The molecule has 2 aliphatic rings. The summed E-state index contributed by atoms with van der Waals surface area (Å²) in [5.41, 5.74) is 0.818. The van der Waals surface area contributed by atoms with Crippen molar-refractivity contribution in [3.05, 3.63) is 35.8 Å². The van der Waals surface area contributed by atoms with Crippen molar-refractivity contribution in [2.45, 2.75) is 49.7 Å².